The van der Waals surface area contributed by atoms with Crippen LogP contribution in [0.2, 0.25) is 0 Å². The molecule has 4 nitrogen and oxygen atoms in total. The quantitative estimate of drug-likeness (QED) is 0.815. The van der Waals surface area contributed by atoms with Gasteiger partial charge in [-0.1, -0.05) is 24.6 Å². The lowest BCUT2D eigenvalue weighted by atomic mass is 9.67. The van der Waals surface area contributed by atoms with E-state index in [2.05, 4.69) is 4.98 Å². The summed E-state index contributed by atoms with van der Waals surface area (Å²) >= 11 is 1.49. The zero-order chi connectivity index (χ0) is 17.4. The van der Waals surface area contributed by atoms with Gasteiger partial charge in [-0.3, -0.25) is 14.5 Å². The Labute approximate surface area is 151 Å². The summed E-state index contributed by atoms with van der Waals surface area (Å²) in [6.45, 7) is 1.94. The van der Waals surface area contributed by atoms with Crippen LogP contribution in [-0.2, 0) is 9.59 Å². The molecule has 4 rings (SSSR count). The van der Waals surface area contributed by atoms with Gasteiger partial charge in [0.2, 0.25) is 5.91 Å². The smallest absolute Gasteiger partial charge is 0.236 e. The van der Waals surface area contributed by atoms with Crippen molar-refractivity contribution in [1.82, 2.24) is 4.98 Å². The van der Waals surface area contributed by atoms with E-state index in [-0.39, 0.29) is 23.7 Å². The normalized spacial score (nSPS) is 25.6. The Balaban J connectivity index is 1.65. The number of benzene rings is 1. The summed E-state index contributed by atoms with van der Waals surface area (Å²) < 4.78 is 0. The average molecular weight is 354 g/mol. The monoisotopic (exact) mass is 354 g/mol. The molecule has 0 saturated heterocycles. The van der Waals surface area contributed by atoms with Crippen LogP contribution in [0.4, 0.5) is 10.8 Å². The molecule has 2 fully saturated rings. The molecule has 0 N–H and O–H groups in total. The van der Waals surface area contributed by atoms with Gasteiger partial charge in [0.1, 0.15) is 5.78 Å². The number of fused-ring (bicyclic) bond motifs is 2. The van der Waals surface area contributed by atoms with Crippen molar-refractivity contribution >= 4 is 33.8 Å². The van der Waals surface area contributed by atoms with Crippen LogP contribution in [0.15, 0.2) is 35.7 Å². The van der Waals surface area contributed by atoms with Crippen LogP contribution in [0.5, 0.6) is 0 Å². The number of hydrogen-bond acceptors (Lipinski definition) is 4. The molecule has 2 unspecified atom stereocenters. The van der Waals surface area contributed by atoms with Crippen molar-refractivity contribution in [2.75, 3.05) is 4.90 Å². The Bertz CT molecular complexity index is 770. The van der Waals surface area contributed by atoms with Gasteiger partial charge in [-0.25, -0.2) is 4.98 Å². The fourth-order valence-corrected chi connectivity index (χ4v) is 5.04. The van der Waals surface area contributed by atoms with Crippen molar-refractivity contribution in [2.24, 2.45) is 17.8 Å². The van der Waals surface area contributed by atoms with Crippen LogP contribution in [0.25, 0.3) is 0 Å². The highest BCUT2D eigenvalue weighted by molar-refractivity contribution is 7.14. The predicted octanol–water partition coefficient (Wildman–Crippen LogP) is 4.51. The van der Waals surface area contributed by atoms with E-state index in [1.54, 1.807) is 4.90 Å². The van der Waals surface area contributed by atoms with Crippen molar-refractivity contribution in [3.8, 4) is 0 Å². The maximum Gasteiger partial charge on any atom is 0.236 e. The van der Waals surface area contributed by atoms with Gasteiger partial charge in [-0.05, 0) is 44.7 Å². The fraction of sp³-hybridized carbons (Fsp3) is 0.450. The minimum absolute atomic E-state index is 0.0807. The maximum absolute atomic E-state index is 13.4. The second kappa shape index (κ2) is 6.71. The van der Waals surface area contributed by atoms with Gasteiger partial charge < -0.3 is 0 Å². The summed E-state index contributed by atoms with van der Waals surface area (Å²) in [4.78, 5) is 32.1. The van der Waals surface area contributed by atoms with Crippen molar-refractivity contribution in [1.29, 1.82) is 0 Å². The molecule has 2 aliphatic carbocycles. The zero-order valence-electron chi connectivity index (χ0n) is 14.4. The first-order chi connectivity index (χ1) is 12.1. The highest BCUT2D eigenvalue weighted by Crippen LogP contribution is 2.42. The Morgan fingerprint density at radius 1 is 1.16 bits per heavy atom. The second-order valence-corrected chi connectivity index (χ2v) is 8.01. The van der Waals surface area contributed by atoms with Gasteiger partial charge in [0.15, 0.2) is 5.13 Å². The van der Waals surface area contributed by atoms with Crippen LogP contribution in [0.1, 0.15) is 37.8 Å². The number of carbonyl (C=O) groups excluding carboxylic acids is 2. The molecule has 1 heterocycles. The second-order valence-electron chi connectivity index (χ2n) is 7.18. The Morgan fingerprint density at radius 3 is 2.44 bits per heavy atom. The number of aryl methyl sites for hydroxylation is 1. The van der Waals surface area contributed by atoms with E-state index in [0.29, 0.717) is 18.6 Å². The van der Waals surface area contributed by atoms with Gasteiger partial charge in [-0.15, -0.1) is 11.3 Å². The molecule has 0 aliphatic heterocycles. The number of rotatable bonds is 3. The molecule has 2 bridgehead atoms. The molecule has 1 amide bonds. The summed E-state index contributed by atoms with van der Waals surface area (Å²) in [6.07, 6.45) is 4.40. The summed E-state index contributed by atoms with van der Waals surface area (Å²) in [5.74, 6) is 0.559. The lowest BCUT2D eigenvalue weighted by molar-refractivity contribution is -0.136. The number of anilines is 2. The van der Waals surface area contributed by atoms with Gasteiger partial charge >= 0.3 is 0 Å². The summed E-state index contributed by atoms with van der Waals surface area (Å²) in [7, 11) is 0. The van der Waals surface area contributed by atoms with Crippen molar-refractivity contribution in [2.45, 2.75) is 39.0 Å². The van der Waals surface area contributed by atoms with E-state index in [1.165, 1.54) is 11.3 Å². The van der Waals surface area contributed by atoms with Gasteiger partial charge in [0.05, 0.1) is 11.4 Å². The van der Waals surface area contributed by atoms with Gasteiger partial charge in [-0.2, -0.15) is 0 Å². The Morgan fingerprint density at radius 2 is 1.84 bits per heavy atom. The predicted molar refractivity (Wildman–Crippen MR) is 99.0 cm³/mol. The van der Waals surface area contributed by atoms with Gasteiger partial charge in [0, 0.05) is 23.1 Å². The molecule has 2 aromatic rings. The third-order valence-electron chi connectivity index (χ3n) is 5.43. The number of carbonyl (C=O) groups is 2. The molecule has 25 heavy (non-hydrogen) atoms. The topological polar surface area (TPSA) is 50.3 Å². The Hall–Kier alpha value is -2.01. The van der Waals surface area contributed by atoms with Gasteiger partial charge in [0.25, 0.3) is 0 Å². The van der Waals surface area contributed by atoms with Crippen LogP contribution < -0.4 is 4.90 Å². The average Bonchev–Trinajstić information content (AvgIpc) is 3.01. The standard InChI is InChI=1S/C20H22N2O2S/c1-13-12-25-20(21-13)22(17-8-3-2-4-9-17)19(24)16-10-14-6-5-7-15(11-16)18(14)23/h2-4,8-9,12,14-16H,5-7,10-11H2,1H3. The van der Waals surface area contributed by atoms with Crippen molar-refractivity contribution < 1.29 is 9.59 Å². The van der Waals surface area contributed by atoms with Crippen LogP contribution >= 0.6 is 11.3 Å². The minimum Gasteiger partial charge on any atom is -0.299 e. The minimum atomic E-state index is -0.0857. The van der Waals surface area contributed by atoms with Crippen molar-refractivity contribution in [3.05, 3.63) is 41.4 Å². The molecular weight excluding hydrogens is 332 g/mol. The highest BCUT2D eigenvalue weighted by atomic mass is 32.1. The molecule has 0 radical (unpaired) electrons. The number of ketones is 1. The first-order valence-corrected chi connectivity index (χ1v) is 9.86. The van der Waals surface area contributed by atoms with E-state index in [0.717, 1.165) is 35.8 Å². The number of hydrogen-bond donors (Lipinski definition) is 0. The van der Waals surface area contributed by atoms with Crippen molar-refractivity contribution in [3.63, 3.8) is 0 Å². The highest BCUT2D eigenvalue weighted by Gasteiger charge is 2.43. The molecule has 2 atom stereocenters. The van der Waals surface area contributed by atoms with Crippen LogP contribution in [-0.4, -0.2) is 16.7 Å². The van der Waals surface area contributed by atoms with E-state index in [1.807, 2.05) is 42.6 Å². The molecule has 5 heteroatoms. The number of Topliss-reactive ketones (excluding diaryl/α,β-unsaturated/α-hetero) is 1. The Kier molecular flexibility index (Phi) is 4.42. The molecule has 130 valence electrons. The fourth-order valence-electron chi connectivity index (χ4n) is 4.22. The molecule has 2 aliphatic rings. The molecule has 1 aromatic carbocycles. The number of thiazole rings is 1. The van der Waals surface area contributed by atoms with Crippen LogP contribution in [0, 0.1) is 24.7 Å². The zero-order valence-corrected chi connectivity index (χ0v) is 15.2. The summed E-state index contributed by atoms with van der Waals surface area (Å²) in [5, 5.41) is 2.69. The third kappa shape index (κ3) is 3.13. The molecular formula is C20H22N2O2S. The summed E-state index contributed by atoms with van der Waals surface area (Å²) in [5.41, 5.74) is 1.77. The maximum atomic E-state index is 13.4. The lowest BCUT2D eigenvalue weighted by Crippen LogP contribution is -2.43. The largest absolute Gasteiger partial charge is 0.299 e. The molecule has 0 spiro atoms. The first-order valence-electron chi connectivity index (χ1n) is 8.98. The van der Waals surface area contributed by atoms with E-state index in [9.17, 15) is 9.59 Å². The molecule has 2 saturated carbocycles. The first kappa shape index (κ1) is 16.5. The number of para-hydroxylation sites is 1. The number of nitrogens with zero attached hydrogens (tertiary/aromatic N) is 2. The van der Waals surface area contributed by atoms with E-state index < -0.39 is 0 Å². The SMILES string of the molecule is Cc1csc(N(C(=O)C2CC3CCCC(C2)C3=O)c2ccccc2)n1. The third-order valence-corrected chi connectivity index (χ3v) is 6.37. The van der Waals surface area contributed by atoms with E-state index in [4.69, 9.17) is 0 Å². The van der Waals surface area contributed by atoms with Crippen LogP contribution in [0.3, 0.4) is 0 Å². The molecule has 1 aromatic heterocycles. The van der Waals surface area contributed by atoms with E-state index >= 15 is 0 Å². The number of amides is 1. The lowest BCUT2D eigenvalue weighted by Gasteiger charge is -2.38. The number of aromatic nitrogens is 1. The summed E-state index contributed by atoms with van der Waals surface area (Å²) in [6, 6.07) is 9.72.